The molecular weight excluding hydrogens is 294 g/mol. The molecule has 0 heterocycles. The molecule has 3 aromatic rings. The Bertz CT molecular complexity index is 1170. The highest BCUT2D eigenvalue weighted by molar-refractivity contribution is 5.81. The summed E-state index contributed by atoms with van der Waals surface area (Å²) in [6.45, 7) is 0. The standard InChI is InChI=1S/C17H9N3O3/c18-9-10-4-3-5-11(8-10)19-20-14-15(21)12-6-1-2-7-13(12)16(22)17(14)23/h1-8,19H. The van der Waals surface area contributed by atoms with Crippen molar-refractivity contribution in [2.45, 2.75) is 0 Å². The van der Waals surface area contributed by atoms with Crippen molar-refractivity contribution in [2.75, 3.05) is 5.43 Å². The minimum absolute atomic E-state index is 0.0907. The number of anilines is 1. The summed E-state index contributed by atoms with van der Waals surface area (Å²) in [5.74, 6) is 0. The van der Waals surface area contributed by atoms with Gasteiger partial charge in [-0.2, -0.15) is 10.4 Å². The van der Waals surface area contributed by atoms with Crippen LogP contribution in [-0.2, 0) is 0 Å². The fraction of sp³-hybridized carbons (Fsp3) is 0. The number of nitrogens with zero attached hydrogens (tertiary/aromatic N) is 2. The predicted molar refractivity (Wildman–Crippen MR) is 85.5 cm³/mol. The maximum Gasteiger partial charge on any atom is 0.257 e. The van der Waals surface area contributed by atoms with Gasteiger partial charge in [-0.05, 0) is 18.2 Å². The number of fused-ring (bicyclic) bond motifs is 1. The predicted octanol–water partition coefficient (Wildman–Crippen LogP) is 0.595. The van der Waals surface area contributed by atoms with Crippen LogP contribution in [0.2, 0.25) is 0 Å². The largest absolute Gasteiger partial charge is 0.287 e. The second kappa shape index (κ2) is 5.66. The molecule has 0 bridgehead atoms. The molecule has 0 aliphatic heterocycles. The van der Waals surface area contributed by atoms with Crippen LogP contribution in [0.3, 0.4) is 0 Å². The minimum atomic E-state index is -0.947. The fourth-order valence-electron chi connectivity index (χ4n) is 2.22. The van der Waals surface area contributed by atoms with Gasteiger partial charge in [-0.25, -0.2) is 0 Å². The van der Waals surface area contributed by atoms with Crippen LogP contribution < -0.4 is 27.1 Å². The monoisotopic (exact) mass is 303 g/mol. The average molecular weight is 303 g/mol. The number of rotatable bonds is 2. The van der Waals surface area contributed by atoms with E-state index < -0.39 is 21.6 Å². The molecule has 0 unspecified atom stereocenters. The molecule has 0 aliphatic carbocycles. The van der Waals surface area contributed by atoms with E-state index in [9.17, 15) is 14.4 Å². The molecule has 0 aliphatic rings. The third-order valence-corrected chi connectivity index (χ3v) is 3.34. The smallest absolute Gasteiger partial charge is 0.257 e. The van der Waals surface area contributed by atoms with Gasteiger partial charge in [0.15, 0.2) is 5.36 Å². The molecule has 0 aromatic heterocycles. The Kier molecular flexibility index (Phi) is 3.53. The van der Waals surface area contributed by atoms with Crippen molar-refractivity contribution in [2.24, 2.45) is 5.10 Å². The van der Waals surface area contributed by atoms with Crippen molar-refractivity contribution in [3.63, 3.8) is 0 Å². The van der Waals surface area contributed by atoms with Gasteiger partial charge >= 0.3 is 0 Å². The number of nitriles is 1. The van der Waals surface area contributed by atoms with Gasteiger partial charge in [0.2, 0.25) is 10.9 Å². The van der Waals surface area contributed by atoms with Gasteiger partial charge in [0, 0.05) is 10.8 Å². The first kappa shape index (κ1) is 14.4. The summed E-state index contributed by atoms with van der Waals surface area (Å²) in [6.07, 6.45) is 0. The fourth-order valence-corrected chi connectivity index (χ4v) is 2.22. The molecule has 110 valence electrons. The molecule has 0 radical (unpaired) electrons. The molecule has 0 amide bonds. The van der Waals surface area contributed by atoms with Crippen molar-refractivity contribution in [1.29, 1.82) is 5.26 Å². The third-order valence-electron chi connectivity index (χ3n) is 3.34. The third kappa shape index (κ3) is 2.51. The summed E-state index contributed by atoms with van der Waals surface area (Å²) in [7, 11) is 0. The first-order valence-electron chi connectivity index (χ1n) is 6.68. The van der Waals surface area contributed by atoms with Crippen molar-refractivity contribution >= 4 is 16.5 Å². The van der Waals surface area contributed by atoms with Gasteiger partial charge in [0.1, 0.15) is 0 Å². The van der Waals surface area contributed by atoms with E-state index in [0.29, 0.717) is 11.3 Å². The Hall–Kier alpha value is -3.59. The number of benzene rings is 3. The summed E-state index contributed by atoms with van der Waals surface area (Å²) < 4.78 is 0. The van der Waals surface area contributed by atoms with E-state index >= 15 is 0 Å². The number of hydrogen-bond donors (Lipinski definition) is 1. The summed E-state index contributed by atoms with van der Waals surface area (Å²) in [5.41, 5.74) is 1.07. The van der Waals surface area contributed by atoms with Crippen LogP contribution in [0.1, 0.15) is 5.56 Å². The highest BCUT2D eigenvalue weighted by atomic mass is 16.2. The lowest BCUT2D eigenvalue weighted by atomic mass is 10.1. The van der Waals surface area contributed by atoms with Gasteiger partial charge < -0.3 is 0 Å². The normalized spacial score (nSPS) is 11.3. The lowest BCUT2D eigenvalue weighted by molar-refractivity contribution is 1.17. The van der Waals surface area contributed by atoms with E-state index in [-0.39, 0.29) is 10.8 Å². The number of hydrogen-bond acceptors (Lipinski definition) is 6. The van der Waals surface area contributed by atoms with Crippen LogP contribution >= 0.6 is 0 Å². The molecule has 1 N–H and O–H groups in total. The Morgan fingerprint density at radius 3 is 2.26 bits per heavy atom. The van der Waals surface area contributed by atoms with Crippen LogP contribution in [0.15, 0.2) is 68.0 Å². The van der Waals surface area contributed by atoms with E-state index in [1.54, 1.807) is 30.3 Å². The zero-order valence-corrected chi connectivity index (χ0v) is 11.7. The molecule has 6 heteroatoms. The SMILES string of the molecule is N#Cc1cccc(NN=c2c(=O)c(=O)c3ccccc3c2=O)c1. The molecule has 0 atom stereocenters. The van der Waals surface area contributed by atoms with Crippen LogP contribution in [0.25, 0.3) is 10.8 Å². The van der Waals surface area contributed by atoms with Crippen molar-refractivity contribution < 1.29 is 0 Å². The van der Waals surface area contributed by atoms with Crippen molar-refractivity contribution in [3.05, 3.63) is 90.1 Å². The van der Waals surface area contributed by atoms with Crippen LogP contribution in [-0.4, -0.2) is 0 Å². The van der Waals surface area contributed by atoms with Gasteiger partial charge in [-0.15, -0.1) is 0 Å². The lowest BCUT2D eigenvalue weighted by Gasteiger charge is -1.99. The van der Waals surface area contributed by atoms with E-state index in [4.69, 9.17) is 5.26 Å². The average Bonchev–Trinajstić information content (AvgIpc) is 2.60. The van der Waals surface area contributed by atoms with Crippen LogP contribution in [0.4, 0.5) is 5.69 Å². The van der Waals surface area contributed by atoms with Crippen molar-refractivity contribution in [3.8, 4) is 6.07 Å². The Morgan fingerprint density at radius 1 is 0.870 bits per heavy atom. The number of nitrogens with one attached hydrogen (secondary N) is 1. The minimum Gasteiger partial charge on any atom is -0.287 e. The van der Waals surface area contributed by atoms with Gasteiger partial charge in [-0.1, -0.05) is 30.3 Å². The highest BCUT2D eigenvalue weighted by Crippen LogP contribution is 2.08. The van der Waals surface area contributed by atoms with E-state index in [1.807, 2.05) is 6.07 Å². The molecule has 3 aromatic carbocycles. The maximum absolute atomic E-state index is 12.3. The van der Waals surface area contributed by atoms with Gasteiger partial charge in [0.05, 0.1) is 17.3 Å². The second-order valence-electron chi connectivity index (χ2n) is 4.80. The topological polar surface area (TPSA) is 99.4 Å². The quantitative estimate of drug-likeness (QED) is 0.552. The van der Waals surface area contributed by atoms with Crippen LogP contribution in [0.5, 0.6) is 0 Å². The van der Waals surface area contributed by atoms with Gasteiger partial charge in [-0.3, -0.25) is 19.8 Å². The molecule has 0 saturated carbocycles. The Balaban J connectivity index is 2.20. The van der Waals surface area contributed by atoms with Crippen molar-refractivity contribution in [1.82, 2.24) is 0 Å². The van der Waals surface area contributed by atoms with Crippen LogP contribution in [0, 0.1) is 11.3 Å². The van der Waals surface area contributed by atoms with E-state index in [0.717, 1.165) is 0 Å². The molecule has 0 spiro atoms. The van der Waals surface area contributed by atoms with Gasteiger partial charge in [0.25, 0.3) is 5.43 Å². The first-order chi connectivity index (χ1) is 11.1. The molecule has 0 saturated heterocycles. The lowest BCUT2D eigenvalue weighted by Crippen LogP contribution is -2.48. The summed E-state index contributed by atoms with van der Waals surface area (Å²) in [4.78, 5) is 36.4. The second-order valence-corrected chi connectivity index (χ2v) is 4.80. The molecule has 23 heavy (non-hydrogen) atoms. The zero-order valence-electron chi connectivity index (χ0n) is 11.7. The molecular formula is C17H9N3O3. The zero-order chi connectivity index (χ0) is 16.4. The van der Waals surface area contributed by atoms with E-state index in [2.05, 4.69) is 10.5 Å². The van der Waals surface area contributed by atoms with E-state index in [1.165, 1.54) is 18.2 Å². The first-order valence-corrected chi connectivity index (χ1v) is 6.68. The Morgan fingerprint density at radius 2 is 1.57 bits per heavy atom. The highest BCUT2D eigenvalue weighted by Gasteiger charge is 2.10. The maximum atomic E-state index is 12.3. The summed E-state index contributed by atoms with van der Waals surface area (Å²) in [5, 5.41) is 12.4. The Labute approximate surface area is 129 Å². The molecule has 0 fully saturated rings. The molecule has 6 nitrogen and oxygen atoms in total. The summed E-state index contributed by atoms with van der Waals surface area (Å²) in [6, 6.07) is 14.5. The molecule has 3 rings (SSSR count). The summed E-state index contributed by atoms with van der Waals surface area (Å²) >= 11 is 0.